The average molecular weight is 393 g/mol. The third-order valence-corrected chi connectivity index (χ3v) is 6.94. The van der Waals surface area contributed by atoms with Gasteiger partial charge in [0.25, 0.3) is 0 Å². The maximum absolute atomic E-state index is 13.1. The van der Waals surface area contributed by atoms with Crippen LogP contribution >= 0.6 is 0 Å². The largest absolute Gasteiger partial charge is 0.326 e. The summed E-state index contributed by atoms with van der Waals surface area (Å²) < 4.78 is 0. The molecule has 7 heteroatoms. The Morgan fingerprint density at radius 1 is 0.931 bits per heavy atom. The summed E-state index contributed by atoms with van der Waals surface area (Å²) in [6.07, 6.45) is 5.35. The van der Waals surface area contributed by atoms with Crippen molar-refractivity contribution in [3.05, 3.63) is 36.4 Å². The second-order valence-electron chi connectivity index (χ2n) is 8.62. The molecule has 29 heavy (non-hydrogen) atoms. The van der Waals surface area contributed by atoms with Gasteiger partial charge in [-0.1, -0.05) is 12.2 Å². The highest BCUT2D eigenvalue weighted by atomic mass is 16.2. The van der Waals surface area contributed by atoms with E-state index in [9.17, 15) is 19.2 Å². The summed E-state index contributed by atoms with van der Waals surface area (Å²) in [6, 6.07) is 5.82. The van der Waals surface area contributed by atoms with Gasteiger partial charge >= 0.3 is 0 Å². The van der Waals surface area contributed by atoms with E-state index in [1.165, 1.54) is 11.8 Å². The molecule has 150 valence electrons. The fourth-order valence-electron chi connectivity index (χ4n) is 5.57. The zero-order valence-corrected chi connectivity index (χ0v) is 16.3. The number of amides is 4. The van der Waals surface area contributed by atoms with Gasteiger partial charge in [0, 0.05) is 18.3 Å². The first-order valence-corrected chi connectivity index (χ1v) is 10.1. The van der Waals surface area contributed by atoms with E-state index in [4.69, 9.17) is 0 Å². The van der Waals surface area contributed by atoms with Gasteiger partial charge in [0.05, 0.1) is 11.8 Å². The van der Waals surface area contributed by atoms with Crippen molar-refractivity contribution >= 4 is 35.0 Å². The molecule has 0 aromatic heterocycles. The Morgan fingerprint density at radius 3 is 1.90 bits per heavy atom. The number of nitrogens with one attached hydrogen (secondary N) is 2. The van der Waals surface area contributed by atoms with E-state index in [2.05, 4.69) is 22.8 Å². The van der Waals surface area contributed by atoms with E-state index in [0.29, 0.717) is 23.2 Å². The van der Waals surface area contributed by atoms with Crippen molar-refractivity contribution < 1.29 is 19.2 Å². The molecular weight excluding hydrogens is 370 g/mol. The monoisotopic (exact) mass is 393 g/mol. The van der Waals surface area contributed by atoms with Crippen LogP contribution in [0.5, 0.6) is 0 Å². The van der Waals surface area contributed by atoms with Crippen molar-refractivity contribution in [1.29, 1.82) is 0 Å². The van der Waals surface area contributed by atoms with Crippen LogP contribution in [-0.2, 0) is 19.2 Å². The van der Waals surface area contributed by atoms with Crippen molar-refractivity contribution in [2.75, 3.05) is 10.6 Å². The number of allylic oxidation sites excluding steroid dienone is 2. The first-order chi connectivity index (χ1) is 13.9. The van der Waals surface area contributed by atoms with Gasteiger partial charge in [-0.3, -0.25) is 24.1 Å². The molecule has 0 spiro atoms. The van der Waals surface area contributed by atoms with Gasteiger partial charge in [0.2, 0.25) is 23.6 Å². The van der Waals surface area contributed by atoms with E-state index in [1.54, 1.807) is 31.2 Å². The minimum atomic E-state index is -0.869. The molecule has 0 radical (unpaired) electrons. The smallest absolute Gasteiger partial charge is 0.247 e. The third kappa shape index (κ3) is 2.71. The first-order valence-electron chi connectivity index (χ1n) is 10.1. The maximum atomic E-state index is 13.1. The quantitative estimate of drug-likeness (QED) is 0.604. The molecule has 1 saturated heterocycles. The van der Waals surface area contributed by atoms with E-state index >= 15 is 0 Å². The van der Waals surface area contributed by atoms with Gasteiger partial charge in [-0.25, -0.2) is 0 Å². The van der Waals surface area contributed by atoms with Crippen LogP contribution in [0, 0.1) is 35.5 Å². The lowest BCUT2D eigenvalue weighted by atomic mass is 9.63. The topological polar surface area (TPSA) is 95.6 Å². The molecule has 2 bridgehead atoms. The summed E-state index contributed by atoms with van der Waals surface area (Å²) in [5.74, 6) is -0.208. The summed E-state index contributed by atoms with van der Waals surface area (Å²) in [4.78, 5) is 51.3. The molecule has 2 N–H and O–H groups in total. The van der Waals surface area contributed by atoms with Crippen molar-refractivity contribution in [2.45, 2.75) is 26.3 Å². The third-order valence-electron chi connectivity index (χ3n) is 6.94. The number of benzene rings is 1. The first kappa shape index (κ1) is 18.1. The second-order valence-corrected chi connectivity index (χ2v) is 8.62. The van der Waals surface area contributed by atoms with Crippen LogP contribution in [0.3, 0.4) is 0 Å². The van der Waals surface area contributed by atoms with E-state index < -0.39 is 11.9 Å². The van der Waals surface area contributed by atoms with Crippen LogP contribution in [0.25, 0.3) is 0 Å². The van der Waals surface area contributed by atoms with Gasteiger partial charge in [-0.2, -0.15) is 0 Å². The predicted octanol–water partition coefficient (Wildman–Crippen LogP) is 2.03. The summed E-state index contributed by atoms with van der Waals surface area (Å²) in [6.45, 7) is 3.02. The lowest BCUT2D eigenvalue weighted by Gasteiger charge is -2.37. The number of hydrogen-bond donors (Lipinski definition) is 2. The van der Waals surface area contributed by atoms with E-state index in [0.717, 1.165) is 6.42 Å². The molecule has 1 aliphatic heterocycles. The predicted molar refractivity (Wildman–Crippen MR) is 105 cm³/mol. The van der Waals surface area contributed by atoms with E-state index in [1.807, 2.05) is 0 Å². The number of nitrogens with zero attached hydrogens (tertiary/aromatic N) is 1. The Bertz CT molecular complexity index is 917. The van der Waals surface area contributed by atoms with Crippen LogP contribution in [-0.4, -0.2) is 34.6 Å². The standard InChI is InChI=1S/C22H23N3O4/c1-10(20(27)24-13-5-3-12(4-6-13)23-11(2)26)25-21(28)18-14-7-8-15(17-9-16(14)17)19(18)22(25)29/h3-8,10,14-19H,9H2,1-2H3,(H,23,26)(H,24,27)/t10-,14-,15-,16-,17+,18-,19+/m0/s1. The molecule has 5 aliphatic rings. The number of rotatable bonds is 4. The minimum absolute atomic E-state index is 0.146. The summed E-state index contributed by atoms with van der Waals surface area (Å²) in [7, 11) is 0. The van der Waals surface area contributed by atoms with Gasteiger partial charge in [0.1, 0.15) is 6.04 Å². The van der Waals surface area contributed by atoms with Gasteiger partial charge in [0.15, 0.2) is 0 Å². The Hall–Kier alpha value is -2.96. The molecule has 4 amide bonds. The Balaban J connectivity index is 1.30. The van der Waals surface area contributed by atoms with Crippen LogP contribution < -0.4 is 10.6 Å². The highest BCUT2D eigenvalue weighted by molar-refractivity contribution is 6.10. The SMILES string of the molecule is CC(=O)Nc1ccc(NC(=O)[C@H](C)N2C(=O)[C@@H]3[C@H]4C=C[C@@H]([C@@H]5C[C@H]45)[C@@H]3C2=O)cc1. The van der Waals surface area contributed by atoms with Crippen LogP contribution in [0.2, 0.25) is 0 Å². The molecule has 1 aromatic rings. The number of anilines is 2. The number of carbonyl (C=O) groups is 4. The van der Waals surface area contributed by atoms with Crippen molar-refractivity contribution in [3.63, 3.8) is 0 Å². The molecule has 7 nitrogen and oxygen atoms in total. The van der Waals surface area contributed by atoms with E-state index in [-0.39, 0.29) is 41.4 Å². The molecular formula is C22H23N3O4. The molecule has 1 heterocycles. The zero-order chi connectivity index (χ0) is 20.4. The van der Waals surface area contributed by atoms with Crippen molar-refractivity contribution in [2.24, 2.45) is 35.5 Å². The second kappa shape index (κ2) is 6.27. The average Bonchev–Trinajstić information content (AvgIpc) is 3.46. The summed E-state index contributed by atoms with van der Waals surface area (Å²) in [5, 5.41) is 5.42. The number of hydrogen-bond acceptors (Lipinski definition) is 4. The lowest BCUT2D eigenvalue weighted by molar-refractivity contribution is -0.146. The molecule has 3 fully saturated rings. The number of likely N-dealkylation sites (tertiary alicyclic amines) is 1. The molecule has 1 aromatic carbocycles. The van der Waals surface area contributed by atoms with Crippen molar-refractivity contribution in [3.8, 4) is 0 Å². The van der Waals surface area contributed by atoms with Crippen molar-refractivity contribution in [1.82, 2.24) is 4.90 Å². The molecule has 6 rings (SSSR count). The number of imide groups is 1. The van der Waals surface area contributed by atoms with Crippen LogP contribution in [0.4, 0.5) is 11.4 Å². The van der Waals surface area contributed by atoms with Gasteiger partial charge in [-0.05, 0) is 61.3 Å². The summed E-state index contributed by atoms with van der Waals surface area (Å²) >= 11 is 0. The Morgan fingerprint density at radius 2 is 1.41 bits per heavy atom. The summed E-state index contributed by atoms with van der Waals surface area (Å²) in [5.41, 5.74) is 1.16. The highest BCUT2D eigenvalue weighted by Gasteiger charge is 2.67. The van der Waals surface area contributed by atoms with Gasteiger partial charge < -0.3 is 10.6 Å². The fourth-order valence-corrected chi connectivity index (χ4v) is 5.57. The Labute approximate surface area is 168 Å². The number of carbonyl (C=O) groups excluding carboxylic acids is 4. The molecule has 7 atom stereocenters. The van der Waals surface area contributed by atoms with Crippen LogP contribution in [0.15, 0.2) is 36.4 Å². The van der Waals surface area contributed by atoms with Gasteiger partial charge in [-0.15, -0.1) is 0 Å². The highest BCUT2D eigenvalue weighted by Crippen LogP contribution is 2.65. The lowest BCUT2D eigenvalue weighted by Crippen LogP contribution is -2.46. The Kier molecular flexibility index (Phi) is 3.91. The maximum Gasteiger partial charge on any atom is 0.247 e. The van der Waals surface area contributed by atoms with Crippen LogP contribution in [0.1, 0.15) is 20.3 Å². The molecule has 4 aliphatic carbocycles. The molecule has 2 saturated carbocycles. The minimum Gasteiger partial charge on any atom is -0.326 e. The fraction of sp³-hybridized carbons (Fsp3) is 0.455. The normalized spacial score (nSPS) is 34.5. The zero-order valence-electron chi connectivity index (χ0n) is 16.3. The molecule has 0 unspecified atom stereocenters.